The third-order valence-electron chi connectivity index (χ3n) is 4.44. The minimum Gasteiger partial charge on any atom is -0.423 e. The Kier molecular flexibility index (Phi) is 6.57. The lowest BCUT2D eigenvalue weighted by Gasteiger charge is -2.29. The first-order valence-electron chi connectivity index (χ1n) is 9.25. The van der Waals surface area contributed by atoms with Gasteiger partial charge in [-0.15, -0.1) is 0 Å². The predicted octanol–water partition coefficient (Wildman–Crippen LogP) is 6.00. The van der Waals surface area contributed by atoms with Crippen molar-refractivity contribution in [3.8, 4) is 5.75 Å². The largest absolute Gasteiger partial charge is 0.423 e. The number of rotatable bonds is 7. The average Bonchev–Trinajstić information content (AvgIpc) is 2.73. The third-order valence-corrected chi connectivity index (χ3v) is 4.44. The lowest BCUT2D eigenvalue weighted by molar-refractivity contribution is -0.140. The van der Waals surface area contributed by atoms with Crippen molar-refractivity contribution in [3.05, 3.63) is 108 Å². The van der Waals surface area contributed by atoms with Gasteiger partial charge in [0.2, 0.25) is 0 Å². The second-order valence-electron chi connectivity index (χ2n) is 6.60. The van der Waals surface area contributed by atoms with E-state index in [0.29, 0.717) is 0 Å². The van der Waals surface area contributed by atoms with Gasteiger partial charge in [-0.1, -0.05) is 73.3 Å². The van der Waals surface area contributed by atoms with Crippen LogP contribution < -0.4 is 9.64 Å². The van der Waals surface area contributed by atoms with Gasteiger partial charge in [-0.05, 0) is 23.3 Å². The first-order valence-corrected chi connectivity index (χ1v) is 9.25. The van der Waals surface area contributed by atoms with Gasteiger partial charge in [-0.2, -0.15) is 13.2 Å². The summed E-state index contributed by atoms with van der Waals surface area (Å²) in [6.45, 7) is 3.75. The van der Waals surface area contributed by atoms with E-state index in [9.17, 15) is 18.0 Å². The van der Waals surface area contributed by atoms with E-state index in [2.05, 4.69) is 6.58 Å². The molecule has 0 spiro atoms. The zero-order valence-electron chi connectivity index (χ0n) is 16.1. The number of hydrogen-bond donors (Lipinski definition) is 0. The number of anilines is 1. The maximum Gasteiger partial charge on any atom is 0.421 e. The molecule has 0 saturated heterocycles. The van der Waals surface area contributed by atoms with Crippen molar-refractivity contribution in [3.63, 3.8) is 0 Å². The Bertz CT molecular complexity index is 960. The van der Waals surface area contributed by atoms with E-state index in [1.807, 2.05) is 60.7 Å². The van der Waals surface area contributed by atoms with Crippen molar-refractivity contribution in [2.45, 2.75) is 19.3 Å². The molecule has 0 aliphatic heterocycles. The molecule has 154 valence electrons. The standard InChI is InChI=1S/C24H20F3NO2/c1-2-22(29)30-21-15-9-14-20(23(21)24(25,26)27)28(16-18-10-5-3-6-11-18)17-19-12-7-4-8-13-19/h2-15H,1,16-17H2. The third kappa shape index (κ3) is 5.29. The second-order valence-corrected chi connectivity index (χ2v) is 6.60. The smallest absolute Gasteiger partial charge is 0.421 e. The Morgan fingerprint density at radius 1 is 0.867 bits per heavy atom. The lowest BCUT2D eigenvalue weighted by atomic mass is 10.1. The van der Waals surface area contributed by atoms with Crippen molar-refractivity contribution in [1.82, 2.24) is 0 Å². The number of nitrogens with zero attached hydrogens (tertiary/aromatic N) is 1. The van der Waals surface area contributed by atoms with Crippen LogP contribution in [-0.4, -0.2) is 5.97 Å². The average molecular weight is 411 g/mol. The quantitative estimate of drug-likeness (QED) is 0.271. The number of benzene rings is 3. The summed E-state index contributed by atoms with van der Waals surface area (Å²) >= 11 is 0. The van der Waals surface area contributed by atoms with Gasteiger partial charge in [0.05, 0.1) is 5.69 Å². The highest BCUT2D eigenvalue weighted by Gasteiger charge is 2.39. The molecule has 3 aromatic rings. The van der Waals surface area contributed by atoms with Gasteiger partial charge in [-0.3, -0.25) is 0 Å². The molecule has 0 unspecified atom stereocenters. The molecule has 6 heteroatoms. The zero-order valence-corrected chi connectivity index (χ0v) is 16.1. The van der Waals surface area contributed by atoms with Crippen LogP contribution in [0.5, 0.6) is 5.75 Å². The SMILES string of the molecule is C=CC(=O)Oc1cccc(N(Cc2ccccc2)Cc2ccccc2)c1C(F)(F)F. The second kappa shape index (κ2) is 9.31. The van der Waals surface area contributed by atoms with Gasteiger partial charge >= 0.3 is 12.1 Å². The molecule has 0 fully saturated rings. The van der Waals surface area contributed by atoms with Crippen molar-refractivity contribution in [2.75, 3.05) is 4.90 Å². The molecule has 3 nitrogen and oxygen atoms in total. The Hall–Kier alpha value is -3.54. The van der Waals surface area contributed by atoms with Crippen molar-refractivity contribution >= 4 is 11.7 Å². The van der Waals surface area contributed by atoms with E-state index in [1.54, 1.807) is 4.90 Å². The topological polar surface area (TPSA) is 29.5 Å². The fourth-order valence-corrected chi connectivity index (χ4v) is 3.14. The van der Waals surface area contributed by atoms with Crippen LogP contribution in [0.15, 0.2) is 91.5 Å². The molecule has 0 aromatic heterocycles. The Morgan fingerprint density at radius 2 is 1.40 bits per heavy atom. The molecule has 0 aliphatic carbocycles. The minimum atomic E-state index is -4.72. The zero-order chi connectivity index (χ0) is 21.6. The molecule has 0 radical (unpaired) electrons. The highest BCUT2D eigenvalue weighted by molar-refractivity contribution is 5.84. The summed E-state index contributed by atoms with van der Waals surface area (Å²) in [7, 11) is 0. The van der Waals surface area contributed by atoms with Gasteiger partial charge in [0.15, 0.2) is 0 Å². The first kappa shape index (κ1) is 21.2. The minimum absolute atomic E-state index is 0.0652. The molecule has 0 aliphatic rings. The first-order chi connectivity index (χ1) is 14.4. The van der Waals surface area contributed by atoms with Crippen LogP contribution in [0.4, 0.5) is 18.9 Å². The Balaban J connectivity index is 2.10. The maximum atomic E-state index is 14.1. The molecule has 0 atom stereocenters. The van der Waals surface area contributed by atoms with E-state index in [1.165, 1.54) is 12.1 Å². The molecule has 0 heterocycles. The van der Waals surface area contributed by atoms with Crippen LogP contribution in [0.3, 0.4) is 0 Å². The number of esters is 1. The van der Waals surface area contributed by atoms with Crippen LogP contribution in [-0.2, 0) is 24.1 Å². The highest BCUT2D eigenvalue weighted by atomic mass is 19.4. The molecule has 0 saturated carbocycles. The number of carbonyl (C=O) groups excluding carboxylic acids is 1. The number of hydrogen-bond acceptors (Lipinski definition) is 3. The van der Waals surface area contributed by atoms with Crippen molar-refractivity contribution in [2.24, 2.45) is 0 Å². The van der Waals surface area contributed by atoms with E-state index in [4.69, 9.17) is 4.74 Å². The van der Waals surface area contributed by atoms with Gasteiger partial charge in [0.1, 0.15) is 11.3 Å². The van der Waals surface area contributed by atoms with Crippen LogP contribution in [0.25, 0.3) is 0 Å². The van der Waals surface area contributed by atoms with E-state index < -0.39 is 23.5 Å². The number of ether oxygens (including phenoxy) is 1. The molecule has 3 rings (SSSR count). The van der Waals surface area contributed by atoms with Crippen LogP contribution in [0, 0.1) is 0 Å². The summed E-state index contributed by atoms with van der Waals surface area (Å²) in [5.74, 6) is -1.49. The molecule has 30 heavy (non-hydrogen) atoms. The Morgan fingerprint density at radius 3 is 1.87 bits per heavy atom. The maximum absolute atomic E-state index is 14.1. The summed E-state index contributed by atoms with van der Waals surface area (Å²) in [6, 6.07) is 22.4. The molecular weight excluding hydrogens is 391 g/mol. The summed E-state index contributed by atoms with van der Waals surface area (Å²) in [4.78, 5) is 13.2. The molecule has 3 aromatic carbocycles. The van der Waals surface area contributed by atoms with Crippen molar-refractivity contribution < 1.29 is 22.7 Å². The summed E-state index contributed by atoms with van der Waals surface area (Å²) in [6.07, 6.45) is -3.89. The lowest BCUT2D eigenvalue weighted by Crippen LogP contribution is -2.26. The number of halogens is 3. The van der Waals surface area contributed by atoms with Crippen molar-refractivity contribution in [1.29, 1.82) is 0 Å². The molecule has 0 N–H and O–H groups in total. The summed E-state index contributed by atoms with van der Waals surface area (Å²) in [5.41, 5.74) is 0.654. The predicted molar refractivity (Wildman–Crippen MR) is 110 cm³/mol. The number of alkyl halides is 3. The van der Waals surface area contributed by atoms with E-state index >= 15 is 0 Å². The number of carbonyl (C=O) groups is 1. The van der Waals surface area contributed by atoms with E-state index in [-0.39, 0.29) is 18.8 Å². The molecule has 0 amide bonds. The van der Waals surface area contributed by atoms with Gasteiger partial charge in [0, 0.05) is 19.2 Å². The fraction of sp³-hybridized carbons (Fsp3) is 0.125. The highest BCUT2D eigenvalue weighted by Crippen LogP contribution is 2.43. The normalized spacial score (nSPS) is 11.0. The van der Waals surface area contributed by atoms with Gasteiger partial charge in [0.25, 0.3) is 0 Å². The van der Waals surface area contributed by atoms with Crippen LogP contribution in [0.2, 0.25) is 0 Å². The monoisotopic (exact) mass is 411 g/mol. The molecule has 0 bridgehead atoms. The Labute approximate surface area is 173 Å². The van der Waals surface area contributed by atoms with E-state index in [0.717, 1.165) is 23.3 Å². The molecular formula is C24H20F3NO2. The van der Waals surface area contributed by atoms with Gasteiger partial charge in [-0.25, -0.2) is 4.79 Å². The van der Waals surface area contributed by atoms with Crippen LogP contribution >= 0.6 is 0 Å². The fourth-order valence-electron chi connectivity index (χ4n) is 3.14. The van der Waals surface area contributed by atoms with Gasteiger partial charge < -0.3 is 9.64 Å². The van der Waals surface area contributed by atoms with Crippen LogP contribution in [0.1, 0.15) is 16.7 Å². The summed E-state index contributed by atoms with van der Waals surface area (Å²) < 4.78 is 47.1. The summed E-state index contributed by atoms with van der Waals surface area (Å²) in [5, 5.41) is 0.